The Morgan fingerprint density at radius 1 is 0.771 bits per heavy atom. The van der Waals surface area contributed by atoms with Gasteiger partial charge >= 0.3 is 0 Å². The van der Waals surface area contributed by atoms with Crippen LogP contribution in [0.1, 0.15) is 29.6 Å². The lowest BCUT2D eigenvalue weighted by Crippen LogP contribution is -2.35. The van der Waals surface area contributed by atoms with Crippen molar-refractivity contribution >= 4 is 23.2 Å². The third-order valence-corrected chi connectivity index (χ3v) is 5.74. The number of benzene rings is 3. The third-order valence-electron chi connectivity index (χ3n) is 5.74. The molecule has 182 valence electrons. The molecule has 1 fully saturated rings. The molecular formula is C28H31N3O4. The molecule has 0 aromatic heterocycles. The second-order valence-corrected chi connectivity index (χ2v) is 8.34. The Balaban J connectivity index is 1.23. The first-order valence-corrected chi connectivity index (χ1v) is 12.0. The third kappa shape index (κ3) is 7.24. The molecule has 7 nitrogen and oxygen atoms in total. The maximum Gasteiger partial charge on any atom is 0.253 e. The smallest absolute Gasteiger partial charge is 0.253 e. The fourth-order valence-corrected chi connectivity index (χ4v) is 3.92. The second-order valence-electron chi connectivity index (χ2n) is 8.34. The molecular weight excluding hydrogens is 442 g/mol. The van der Waals surface area contributed by atoms with Crippen LogP contribution in [-0.2, 0) is 4.79 Å². The number of amides is 2. The van der Waals surface area contributed by atoms with Crippen LogP contribution in [0.25, 0.3) is 0 Å². The van der Waals surface area contributed by atoms with Gasteiger partial charge in [-0.1, -0.05) is 30.3 Å². The summed E-state index contributed by atoms with van der Waals surface area (Å²) < 4.78 is 11.5. The Labute approximate surface area is 206 Å². The Morgan fingerprint density at radius 2 is 1.46 bits per heavy atom. The van der Waals surface area contributed by atoms with E-state index >= 15 is 0 Å². The van der Waals surface area contributed by atoms with Crippen molar-refractivity contribution < 1.29 is 19.1 Å². The van der Waals surface area contributed by atoms with E-state index in [0.29, 0.717) is 30.2 Å². The van der Waals surface area contributed by atoms with Gasteiger partial charge in [0.1, 0.15) is 24.7 Å². The number of nitrogens with one attached hydrogen (secondary N) is 2. The summed E-state index contributed by atoms with van der Waals surface area (Å²) in [4.78, 5) is 27.0. The van der Waals surface area contributed by atoms with E-state index in [4.69, 9.17) is 9.47 Å². The predicted octanol–water partition coefficient (Wildman–Crippen LogP) is 4.82. The van der Waals surface area contributed by atoms with Gasteiger partial charge in [-0.3, -0.25) is 9.59 Å². The Hall–Kier alpha value is -4.00. The largest absolute Gasteiger partial charge is 0.490 e. The summed E-state index contributed by atoms with van der Waals surface area (Å²) in [6.45, 7) is 2.50. The van der Waals surface area contributed by atoms with Crippen molar-refractivity contribution in [3.63, 3.8) is 0 Å². The molecule has 0 bridgehead atoms. The van der Waals surface area contributed by atoms with Crippen molar-refractivity contribution in [2.24, 2.45) is 0 Å². The van der Waals surface area contributed by atoms with Crippen molar-refractivity contribution in [3.05, 3.63) is 84.4 Å². The summed E-state index contributed by atoms with van der Waals surface area (Å²) >= 11 is 0. The maximum absolute atomic E-state index is 12.6. The number of rotatable bonds is 10. The molecule has 0 atom stereocenters. The lowest BCUT2D eigenvalue weighted by atomic mass is 10.1. The molecule has 3 aromatic rings. The Kier molecular flexibility index (Phi) is 8.59. The highest BCUT2D eigenvalue weighted by Gasteiger charge is 2.18. The average molecular weight is 474 g/mol. The molecule has 0 spiro atoms. The van der Waals surface area contributed by atoms with Crippen molar-refractivity contribution in [1.29, 1.82) is 0 Å². The van der Waals surface area contributed by atoms with Gasteiger partial charge < -0.3 is 25.0 Å². The summed E-state index contributed by atoms with van der Waals surface area (Å²) in [5.74, 6) is 1.30. The number of hydrogen-bond donors (Lipinski definition) is 2. The molecule has 2 amide bonds. The number of hydrogen-bond acceptors (Lipinski definition) is 5. The van der Waals surface area contributed by atoms with Crippen molar-refractivity contribution in [2.45, 2.75) is 19.3 Å². The van der Waals surface area contributed by atoms with E-state index in [0.717, 1.165) is 37.4 Å². The number of carbonyl (C=O) groups excluding carboxylic acids is 2. The molecule has 1 aliphatic heterocycles. The predicted molar refractivity (Wildman–Crippen MR) is 137 cm³/mol. The van der Waals surface area contributed by atoms with Crippen LogP contribution in [0.5, 0.6) is 11.5 Å². The van der Waals surface area contributed by atoms with Crippen LogP contribution >= 0.6 is 0 Å². The van der Waals surface area contributed by atoms with Crippen molar-refractivity contribution in [2.75, 3.05) is 43.5 Å². The molecule has 1 aliphatic rings. The Bertz CT molecular complexity index is 1100. The van der Waals surface area contributed by atoms with Crippen LogP contribution < -0.4 is 20.1 Å². The van der Waals surface area contributed by atoms with E-state index in [1.54, 1.807) is 24.3 Å². The zero-order valence-corrected chi connectivity index (χ0v) is 19.7. The molecule has 4 rings (SSSR count). The van der Waals surface area contributed by atoms with Gasteiger partial charge in [0, 0.05) is 24.3 Å². The quantitative estimate of drug-likeness (QED) is 0.413. The van der Waals surface area contributed by atoms with E-state index < -0.39 is 0 Å². The van der Waals surface area contributed by atoms with Gasteiger partial charge in [0.2, 0.25) is 5.91 Å². The standard InChI is InChI=1S/C28H31N3O4/c32-27(30-23-15-13-22(14-16-23)28(33)31-17-7-2-8-18-31)21-29-25-11-5-6-12-26(25)35-20-19-34-24-9-3-1-4-10-24/h1,3-6,9-16,29H,2,7-8,17-21H2,(H,30,32). The molecule has 0 saturated carbocycles. The molecule has 0 aliphatic carbocycles. The number of piperidine rings is 1. The first-order chi connectivity index (χ1) is 17.2. The minimum Gasteiger partial charge on any atom is -0.490 e. The number of ether oxygens (including phenoxy) is 2. The number of anilines is 2. The minimum absolute atomic E-state index is 0.0509. The number of nitrogens with zero attached hydrogens (tertiary/aromatic N) is 1. The van der Waals surface area contributed by atoms with Crippen molar-refractivity contribution in [1.82, 2.24) is 4.90 Å². The minimum atomic E-state index is -0.192. The van der Waals surface area contributed by atoms with Crippen LogP contribution in [-0.4, -0.2) is 49.6 Å². The van der Waals surface area contributed by atoms with Crippen LogP contribution in [0.4, 0.5) is 11.4 Å². The molecule has 3 aromatic carbocycles. The van der Waals surface area contributed by atoms with Gasteiger partial charge in [-0.25, -0.2) is 0 Å². The van der Waals surface area contributed by atoms with Gasteiger partial charge in [0.15, 0.2) is 0 Å². The summed E-state index contributed by atoms with van der Waals surface area (Å²) in [5, 5.41) is 5.99. The lowest BCUT2D eigenvalue weighted by Gasteiger charge is -2.26. The van der Waals surface area contributed by atoms with Gasteiger partial charge in [0.05, 0.1) is 12.2 Å². The van der Waals surface area contributed by atoms with E-state index in [1.807, 2.05) is 59.5 Å². The van der Waals surface area contributed by atoms with Crippen LogP contribution in [0.15, 0.2) is 78.9 Å². The molecule has 0 unspecified atom stereocenters. The first kappa shape index (κ1) is 24.1. The number of para-hydroxylation sites is 3. The van der Waals surface area contributed by atoms with Crippen LogP contribution in [0.2, 0.25) is 0 Å². The Morgan fingerprint density at radius 3 is 2.23 bits per heavy atom. The highest BCUT2D eigenvalue weighted by atomic mass is 16.5. The number of carbonyl (C=O) groups is 2. The van der Waals surface area contributed by atoms with Crippen LogP contribution in [0.3, 0.4) is 0 Å². The highest BCUT2D eigenvalue weighted by Crippen LogP contribution is 2.23. The van der Waals surface area contributed by atoms with E-state index in [1.165, 1.54) is 6.42 Å². The normalized spacial score (nSPS) is 13.1. The summed E-state index contributed by atoms with van der Waals surface area (Å²) in [6, 6.07) is 24.1. The molecule has 1 heterocycles. The van der Waals surface area contributed by atoms with E-state index in [2.05, 4.69) is 10.6 Å². The monoisotopic (exact) mass is 473 g/mol. The zero-order valence-electron chi connectivity index (χ0n) is 19.7. The van der Waals surface area contributed by atoms with Gasteiger partial charge in [-0.2, -0.15) is 0 Å². The molecule has 1 saturated heterocycles. The fraction of sp³-hybridized carbons (Fsp3) is 0.286. The van der Waals surface area contributed by atoms with Crippen molar-refractivity contribution in [3.8, 4) is 11.5 Å². The van der Waals surface area contributed by atoms with Gasteiger partial charge in [0.25, 0.3) is 5.91 Å². The molecule has 7 heteroatoms. The van der Waals surface area contributed by atoms with Crippen LogP contribution in [0, 0.1) is 0 Å². The fourth-order valence-electron chi connectivity index (χ4n) is 3.92. The topological polar surface area (TPSA) is 79.9 Å². The lowest BCUT2D eigenvalue weighted by molar-refractivity contribution is -0.114. The molecule has 0 radical (unpaired) electrons. The number of likely N-dealkylation sites (tertiary alicyclic amines) is 1. The summed E-state index contributed by atoms with van der Waals surface area (Å²) in [7, 11) is 0. The highest BCUT2D eigenvalue weighted by molar-refractivity contribution is 5.96. The first-order valence-electron chi connectivity index (χ1n) is 12.0. The molecule has 35 heavy (non-hydrogen) atoms. The molecule has 2 N–H and O–H groups in total. The zero-order chi connectivity index (χ0) is 24.3. The van der Waals surface area contributed by atoms with E-state index in [-0.39, 0.29) is 18.4 Å². The maximum atomic E-state index is 12.6. The average Bonchev–Trinajstić information content (AvgIpc) is 2.91. The summed E-state index contributed by atoms with van der Waals surface area (Å²) in [6.07, 6.45) is 3.30. The van der Waals surface area contributed by atoms with E-state index in [9.17, 15) is 9.59 Å². The summed E-state index contributed by atoms with van der Waals surface area (Å²) in [5.41, 5.74) is 2.02. The SMILES string of the molecule is O=C(CNc1ccccc1OCCOc1ccccc1)Nc1ccc(C(=O)N2CCCCC2)cc1. The van der Waals surface area contributed by atoms with Gasteiger partial charge in [-0.15, -0.1) is 0 Å². The van der Waals surface area contributed by atoms with Gasteiger partial charge in [-0.05, 0) is 67.8 Å². The second kappa shape index (κ2) is 12.5.